The van der Waals surface area contributed by atoms with Crippen LogP contribution in [0.25, 0.3) is 0 Å². The van der Waals surface area contributed by atoms with Gasteiger partial charge in [0.2, 0.25) is 0 Å². The number of hydrogen-bond acceptors (Lipinski definition) is 2. The zero-order chi connectivity index (χ0) is 13.0. The lowest BCUT2D eigenvalue weighted by molar-refractivity contribution is 0.613. The summed E-state index contributed by atoms with van der Waals surface area (Å²) in [7, 11) is 1.95. The summed E-state index contributed by atoms with van der Waals surface area (Å²) in [6.45, 7) is 0.890. The zero-order valence-electron chi connectivity index (χ0n) is 10.1. The van der Waals surface area contributed by atoms with Crippen molar-refractivity contribution in [3.05, 3.63) is 56.4 Å². The summed E-state index contributed by atoms with van der Waals surface area (Å²) in [5.74, 6) is 0.196. The van der Waals surface area contributed by atoms with Gasteiger partial charge in [-0.05, 0) is 53.2 Å². The van der Waals surface area contributed by atoms with Crippen LogP contribution in [0, 0.1) is 5.82 Å². The molecule has 0 radical (unpaired) electrons. The van der Waals surface area contributed by atoms with E-state index in [1.165, 1.54) is 22.6 Å². The maximum Gasteiger partial charge on any atom is 0.123 e. The molecule has 96 valence electrons. The molecule has 0 fully saturated rings. The van der Waals surface area contributed by atoms with E-state index >= 15 is 0 Å². The van der Waals surface area contributed by atoms with Crippen LogP contribution in [0.15, 0.2) is 40.2 Å². The van der Waals surface area contributed by atoms with E-state index in [4.69, 9.17) is 0 Å². The monoisotopic (exact) mass is 327 g/mol. The Balaban J connectivity index is 2.14. The predicted molar refractivity (Wildman–Crippen MR) is 78.8 cm³/mol. The van der Waals surface area contributed by atoms with Gasteiger partial charge >= 0.3 is 0 Å². The molecule has 1 unspecified atom stereocenters. The fourth-order valence-corrected chi connectivity index (χ4v) is 3.53. The highest BCUT2D eigenvalue weighted by Crippen LogP contribution is 2.26. The molecule has 2 aromatic rings. The van der Waals surface area contributed by atoms with Gasteiger partial charge in [0.1, 0.15) is 5.82 Å². The van der Waals surface area contributed by atoms with Crippen molar-refractivity contribution in [2.45, 2.75) is 12.3 Å². The van der Waals surface area contributed by atoms with Crippen LogP contribution in [0.2, 0.25) is 0 Å². The standard InChI is InChI=1S/C14H15BrFNS/c1-17-8-11(6-14-7-12(15)9-18-14)10-2-4-13(16)5-3-10/h2-5,7,9,11,17H,6,8H2,1H3. The molecule has 18 heavy (non-hydrogen) atoms. The maximum atomic E-state index is 12.9. The molecule has 0 aliphatic carbocycles. The Kier molecular flexibility index (Phi) is 4.92. The van der Waals surface area contributed by atoms with Crippen molar-refractivity contribution in [2.75, 3.05) is 13.6 Å². The molecule has 1 atom stereocenters. The second-order valence-electron chi connectivity index (χ2n) is 4.24. The summed E-state index contributed by atoms with van der Waals surface area (Å²) in [5.41, 5.74) is 1.18. The third-order valence-corrected chi connectivity index (χ3v) is 4.58. The molecule has 0 spiro atoms. The lowest BCUT2D eigenvalue weighted by atomic mass is 9.95. The van der Waals surface area contributed by atoms with Crippen molar-refractivity contribution < 1.29 is 4.39 Å². The minimum Gasteiger partial charge on any atom is -0.319 e. The highest BCUT2D eigenvalue weighted by atomic mass is 79.9. The topological polar surface area (TPSA) is 12.0 Å². The molecule has 1 aromatic heterocycles. The second kappa shape index (κ2) is 6.45. The van der Waals surface area contributed by atoms with Crippen molar-refractivity contribution in [3.8, 4) is 0 Å². The number of benzene rings is 1. The van der Waals surface area contributed by atoms with Gasteiger partial charge in [-0.2, -0.15) is 0 Å². The van der Waals surface area contributed by atoms with Gasteiger partial charge in [0.25, 0.3) is 0 Å². The van der Waals surface area contributed by atoms with E-state index < -0.39 is 0 Å². The molecule has 4 heteroatoms. The highest BCUT2D eigenvalue weighted by molar-refractivity contribution is 9.10. The summed E-state index contributed by atoms with van der Waals surface area (Å²) >= 11 is 5.22. The van der Waals surface area contributed by atoms with Gasteiger partial charge in [0, 0.05) is 27.2 Å². The van der Waals surface area contributed by atoms with E-state index in [0.717, 1.165) is 17.4 Å². The minimum atomic E-state index is -0.180. The predicted octanol–water partition coefficient (Wildman–Crippen LogP) is 4.20. The molecule has 1 N–H and O–H groups in total. The summed E-state index contributed by atoms with van der Waals surface area (Å²) in [5, 5.41) is 5.30. The molecule has 0 saturated heterocycles. The lowest BCUT2D eigenvalue weighted by Gasteiger charge is -2.16. The minimum absolute atomic E-state index is 0.180. The Hall–Kier alpha value is -0.710. The number of hydrogen-bond donors (Lipinski definition) is 1. The molecule has 0 bridgehead atoms. The smallest absolute Gasteiger partial charge is 0.123 e. The van der Waals surface area contributed by atoms with Crippen LogP contribution in [0.4, 0.5) is 4.39 Å². The first kappa shape index (κ1) is 13.7. The highest BCUT2D eigenvalue weighted by Gasteiger charge is 2.13. The van der Waals surface area contributed by atoms with Gasteiger partial charge in [-0.25, -0.2) is 4.39 Å². The normalized spacial score (nSPS) is 12.6. The van der Waals surface area contributed by atoms with Crippen LogP contribution < -0.4 is 5.32 Å². The van der Waals surface area contributed by atoms with Crippen LogP contribution in [0.3, 0.4) is 0 Å². The van der Waals surface area contributed by atoms with E-state index in [1.54, 1.807) is 11.3 Å². The molecule has 1 nitrogen and oxygen atoms in total. The van der Waals surface area contributed by atoms with E-state index in [1.807, 2.05) is 19.2 Å². The van der Waals surface area contributed by atoms with Crippen LogP contribution in [0.5, 0.6) is 0 Å². The quantitative estimate of drug-likeness (QED) is 0.868. The summed E-state index contributed by atoms with van der Waals surface area (Å²) in [6, 6.07) is 8.96. The van der Waals surface area contributed by atoms with E-state index in [0.29, 0.717) is 5.92 Å². The van der Waals surface area contributed by atoms with Gasteiger partial charge in [-0.1, -0.05) is 12.1 Å². The van der Waals surface area contributed by atoms with Crippen molar-refractivity contribution in [3.63, 3.8) is 0 Å². The molecular weight excluding hydrogens is 313 g/mol. The van der Waals surface area contributed by atoms with Gasteiger partial charge < -0.3 is 5.32 Å². The maximum absolute atomic E-state index is 12.9. The molecule has 0 aliphatic heterocycles. The molecule has 1 aromatic carbocycles. The number of rotatable bonds is 5. The largest absolute Gasteiger partial charge is 0.319 e. The van der Waals surface area contributed by atoms with Crippen molar-refractivity contribution in [2.24, 2.45) is 0 Å². The van der Waals surface area contributed by atoms with E-state index in [2.05, 4.69) is 32.7 Å². The number of likely N-dealkylation sites (N-methyl/N-ethyl adjacent to an activating group) is 1. The third kappa shape index (κ3) is 3.64. The lowest BCUT2D eigenvalue weighted by Crippen LogP contribution is -2.18. The number of nitrogens with one attached hydrogen (secondary N) is 1. The summed E-state index contributed by atoms with van der Waals surface area (Å²) in [6.07, 6.45) is 0.975. The first-order chi connectivity index (χ1) is 8.69. The Labute approximate surface area is 119 Å². The van der Waals surface area contributed by atoms with E-state index in [-0.39, 0.29) is 5.82 Å². The fourth-order valence-electron chi connectivity index (χ4n) is 1.99. The zero-order valence-corrected chi connectivity index (χ0v) is 12.5. The number of halogens is 2. The van der Waals surface area contributed by atoms with Crippen LogP contribution >= 0.6 is 27.3 Å². The van der Waals surface area contributed by atoms with Gasteiger partial charge in [-0.15, -0.1) is 11.3 Å². The molecule has 2 rings (SSSR count). The average molecular weight is 328 g/mol. The SMILES string of the molecule is CNCC(Cc1cc(Br)cs1)c1ccc(F)cc1. The second-order valence-corrected chi connectivity index (χ2v) is 6.15. The van der Waals surface area contributed by atoms with Crippen molar-refractivity contribution in [1.82, 2.24) is 5.32 Å². The Morgan fingerprint density at radius 2 is 2.06 bits per heavy atom. The fraction of sp³-hybridized carbons (Fsp3) is 0.286. The first-order valence-corrected chi connectivity index (χ1v) is 7.49. The van der Waals surface area contributed by atoms with Crippen molar-refractivity contribution in [1.29, 1.82) is 0 Å². The van der Waals surface area contributed by atoms with Crippen LogP contribution in [0.1, 0.15) is 16.4 Å². The molecule has 1 heterocycles. The molecular formula is C14H15BrFNS. The molecule has 0 saturated carbocycles. The summed E-state index contributed by atoms with van der Waals surface area (Å²) in [4.78, 5) is 1.34. The Morgan fingerprint density at radius 1 is 1.33 bits per heavy atom. The third-order valence-electron chi connectivity index (χ3n) is 2.86. The average Bonchev–Trinajstić information content (AvgIpc) is 2.75. The van der Waals surface area contributed by atoms with Crippen LogP contribution in [-0.2, 0) is 6.42 Å². The molecule has 0 aliphatic rings. The van der Waals surface area contributed by atoms with Crippen LogP contribution in [-0.4, -0.2) is 13.6 Å². The van der Waals surface area contributed by atoms with Gasteiger partial charge in [0.15, 0.2) is 0 Å². The van der Waals surface area contributed by atoms with Gasteiger partial charge in [0.05, 0.1) is 0 Å². The Bertz CT molecular complexity index is 495. The van der Waals surface area contributed by atoms with Gasteiger partial charge in [-0.3, -0.25) is 0 Å². The summed E-state index contributed by atoms with van der Waals surface area (Å²) < 4.78 is 14.1. The van der Waals surface area contributed by atoms with Crippen molar-refractivity contribution >= 4 is 27.3 Å². The number of thiophene rings is 1. The molecule has 0 amide bonds. The first-order valence-electron chi connectivity index (χ1n) is 5.82. The Morgan fingerprint density at radius 3 is 2.61 bits per heavy atom. The van der Waals surface area contributed by atoms with E-state index in [9.17, 15) is 4.39 Å².